The molecule has 0 aliphatic carbocycles. The van der Waals surface area contributed by atoms with E-state index in [1.165, 1.54) is 16.9 Å². The lowest BCUT2D eigenvalue weighted by Crippen LogP contribution is -2.35. The van der Waals surface area contributed by atoms with Crippen molar-refractivity contribution in [3.05, 3.63) is 70.2 Å². The summed E-state index contributed by atoms with van der Waals surface area (Å²) in [6, 6.07) is 10.2. The van der Waals surface area contributed by atoms with Crippen molar-refractivity contribution in [2.75, 3.05) is 0 Å². The third kappa shape index (κ3) is 4.08. The summed E-state index contributed by atoms with van der Waals surface area (Å²) in [5, 5.41) is 4.00. The molecule has 0 saturated heterocycles. The quantitative estimate of drug-likeness (QED) is 0.750. The standard InChI is InChI=1S/C18H20N4OS/c1-13(11-22-9-8-19-12-22)20-18(23)17-14(2)21-16(24-17)10-15-6-4-3-5-7-15/h3-9,12-13H,10-11H2,1-2H3,(H,20,23). The fourth-order valence-corrected chi connectivity index (χ4v) is 3.56. The van der Waals surface area contributed by atoms with Gasteiger partial charge in [-0.25, -0.2) is 9.97 Å². The van der Waals surface area contributed by atoms with E-state index in [1.807, 2.05) is 42.8 Å². The topological polar surface area (TPSA) is 59.8 Å². The van der Waals surface area contributed by atoms with Crippen LogP contribution in [0.15, 0.2) is 49.1 Å². The van der Waals surface area contributed by atoms with Crippen molar-refractivity contribution in [1.29, 1.82) is 0 Å². The summed E-state index contributed by atoms with van der Waals surface area (Å²) in [4.78, 5) is 21.8. The lowest BCUT2D eigenvalue weighted by Gasteiger charge is -2.13. The average Bonchev–Trinajstić information content (AvgIpc) is 3.18. The van der Waals surface area contributed by atoms with Gasteiger partial charge in [0.1, 0.15) is 4.88 Å². The highest BCUT2D eigenvalue weighted by Crippen LogP contribution is 2.21. The van der Waals surface area contributed by atoms with Crippen molar-refractivity contribution in [1.82, 2.24) is 19.9 Å². The van der Waals surface area contributed by atoms with Gasteiger partial charge >= 0.3 is 0 Å². The average molecular weight is 340 g/mol. The minimum absolute atomic E-state index is 0.0192. The molecule has 1 N–H and O–H groups in total. The first-order chi connectivity index (χ1) is 11.6. The fourth-order valence-electron chi connectivity index (χ4n) is 2.55. The molecule has 0 radical (unpaired) electrons. The molecule has 0 fully saturated rings. The van der Waals surface area contributed by atoms with Crippen LogP contribution in [0.2, 0.25) is 0 Å². The number of thiazole rings is 1. The van der Waals surface area contributed by atoms with Crippen molar-refractivity contribution < 1.29 is 4.79 Å². The maximum absolute atomic E-state index is 12.5. The molecule has 24 heavy (non-hydrogen) atoms. The van der Waals surface area contributed by atoms with E-state index in [0.717, 1.165) is 17.1 Å². The maximum Gasteiger partial charge on any atom is 0.263 e. The number of benzene rings is 1. The summed E-state index contributed by atoms with van der Waals surface area (Å²) in [5.41, 5.74) is 1.99. The number of carbonyl (C=O) groups excluding carboxylic acids is 1. The first-order valence-corrected chi connectivity index (χ1v) is 8.70. The molecule has 0 aliphatic rings. The summed E-state index contributed by atoms with van der Waals surface area (Å²) in [7, 11) is 0. The first-order valence-electron chi connectivity index (χ1n) is 7.88. The van der Waals surface area contributed by atoms with Gasteiger partial charge in [0.15, 0.2) is 0 Å². The number of hydrogen-bond donors (Lipinski definition) is 1. The number of aromatic nitrogens is 3. The minimum atomic E-state index is -0.0584. The second kappa shape index (κ2) is 7.40. The SMILES string of the molecule is Cc1nc(Cc2ccccc2)sc1C(=O)NC(C)Cn1ccnc1. The Morgan fingerprint density at radius 1 is 1.33 bits per heavy atom. The second-order valence-electron chi connectivity index (χ2n) is 5.82. The summed E-state index contributed by atoms with van der Waals surface area (Å²) in [6.07, 6.45) is 6.12. The molecule has 0 aliphatic heterocycles. The number of rotatable bonds is 6. The van der Waals surface area contributed by atoms with Crippen LogP contribution in [0.25, 0.3) is 0 Å². The number of carbonyl (C=O) groups is 1. The molecule has 3 rings (SSSR count). The molecule has 1 aromatic carbocycles. The number of nitrogens with zero attached hydrogens (tertiary/aromatic N) is 3. The largest absolute Gasteiger partial charge is 0.347 e. The first kappa shape index (κ1) is 16.4. The highest BCUT2D eigenvalue weighted by molar-refractivity contribution is 7.13. The van der Waals surface area contributed by atoms with Crippen LogP contribution in [0.5, 0.6) is 0 Å². The lowest BCUT2D eigenvalue weighted by atomic mass is 10.2. The molecular weight excluding hydrogens is 320 g/mol. The van der Waals surface area contributed by atoms with Crippen LogP contribution >= 0.6 is 11.3 Å². The lowest BCUT2D eigenvalue weighted by molar-refractivity contribution is 0.0940. The van der Waals surface area contributed by atoms with Gasteiger partial charge in [0.2, 0.25) is 0 Å². The molecule has 5 nitrogen and oxygen atoms in total. The molecule has 1 unspecified atom stereocenters. The van der Waals surface area contributed by atoms with Gasteiger partial charge in [0.05, 0.1) is 17.0 Å². The number of nitrogens with one attached hydrogen (secondary N) is 1. The predicted octanol–water partition coefficient (Wildman–Crippen LogP) is 3.06. The van der Waals surface area contributed by atoms with Gasteiger partial charge in [-0.1, -0.05) is 30.3 Å². The Balaban J connectivity index is 1.64. The highest BCUT2D eigenvalue weighted by atomic mass is 32.1. The van der Waals surface area contributed by atoms with Gasteiger partial charge in [-0.15, -0.1) is 11.3 Å². The zero-order valence-electron chi connectivity index (χ0n) is 13.8. The van der Waals surface area contributed by atoms with Crippen molar-refractivity contribution in [2.45, 2.75) is 32.9 Å². The van der Waals surface area contributed by atoms with E-state index in [9.17, 15) is 4.79 Å². The molecular formula is C18H20N4OS. The Labute approximate surface area is 145 Å². The van der Waals surface area contributed by atoms with Crippen molar-refractivity contribution in [3.63, 3.8) is 0 Å². The van der Waals surface area contributed by atoms with E-state index in [-0.39, 0.29) is 11.9 Å². The van der Waals surface area contributed by atoms with Crippen LogP contribution in [0, 0.1) is 6.92 Å². The number of imidazole rings is 1. The number of hydrogen-bond acceptors (Lipinski definition) is 4. The molecule has 0 saturated carbocycles. The molecule has 1 atom stereocenters. The Kier molecular flexibility index (Phi) is 5.05. The smallest absolute Gasteiger partial charge is 0.263 e. The maximum atomic E-state index is 12.5. The van der Waals surface area contributed by atoms with Crippen LogP contribution in [0.1, 0.15) is 32.9 Å². The third-order valence-electron chi connectivity index (χ3n) is 3.67. The van der Waals surface area contributed by atoms with Crippen LogP contribution in [-0.4, -0.2) is 26.5 Å². The Morgan fingerprint density at radius 3 is 2.83 bits per heavy atom. The predicted molar refractivity (Wildman–Crippen MR) is 95.3 cm³/mol. The summed E-state index contributed by atoms with van der Waals surface area (Å²) in [6.45, 7) is 4.57. The van der Waals surface area contributed by atoms with Gasteiger partial charge in [0.25, 0.3) is 5.91 Å². The molecule has 2 aromatic heterocycles. The van der Waals surface area contributed by atoms with E-state index in [2.05, 4.69) is 27.4 Å². The van der Waals surface area contributed by atoms with Gasteiger partial charge < -0.3 is 9.88 Å². The van der Waals surface area contributed by atoms with Crippen LogP contribution in [0.3, 0.4) is 0 Å². The van der Waals surface area contributed by atoms with Crippen molar-refractivity contribution >= 4 is 17.2 Å². The fraction of sp³-hybridized carbons (Fsp3) is 0.278. The van der Waals surface area contributed by atoms with Crippen LogP contribution in [-0.2, 0) is 13.0 Å². The van der Waals surface area contributed by atoms with Crippen LogP contribution < -0.4 is 5.32 Å². The summed E-state index contributed by atoms with van der Waals surface area (Å²) in [5.74, 6) is -0.0584. The molecule has 2 heterocycles. The minimum Gasteiger partial charge on any atom is -0.347 e. The van der Waals surface area contributed by atoms with Gasteiger partial charge in [-0.05, 0) is 19.4 Å². The van der Waals surface area contributed by atoms with E-state index in [0.29, 0.717) is 11.4 Å². The molecule has 124 valence electrons. The summed E-state index contributed by atoms with van der Waals surface area (Å²) >= 11 is 1.47. The second-order valence-corrected chi connectivity index (χ2v) is 6.90. The number of aryl methyl sites for hydroxylation is 1. The van der Waals surface area contributed by atoms with E-state index in [1.54, 1.807) is 12.5 Å². The third-order valence-corrected chi connectivity index (χ3v) is 4.82. The normalized spacial score (nSPS) is 12.1. The Bertz CT molecular complexity index is 796. The van der Waals surface area contributed by atoms with Gasteiger partial charge in [-0.2, -0.15) is 0 Å². The van der Waals surface area contributed by atoms with E-state index in [4.69, 9.17) is 0 Å². The van der Waals surface area contributed by atoms with Gasteiger partial charge in [0, 0.05) is 31.4 Å². The molecule has 1 amide bonds. The van der Waals surface area contributed by atoms with Gasteiger partial charge in [-0.3, -0.25) is 4.79 Å². The summed E-state index contributed by atoms with van der Waals surface area (Å²) < 4.78 is 1.95. The molecule has 0 spiro atoms. The monoisotopic (exact) mass is 340 g/mol. The molecule has 0 bridgehead atoms. The Morgan fingerprint density at radius 2 is 2.12 bits per heavy atom. The number of amides is 1. The van der Waals surface area contributed by atoms with Crippen molar-refractivity contribution in [2.24, 2.45) is 0 Å². The van der Waals surface area contributed by atoms with Crippen LogP contribution in [0.4, 0.5) is 0 Å². The molecule has 3 aromatic rings. The van der Waals surface area contributed by atoms with E-state index < -0.39 is 0 Å². The Hall–Kier alpha value is -2.47. The molecule has 6 heteroatoms. The zero-order chi connectivity index (χ0) is 16.9. The van der Waals surface area contributed by atoms with E-state index >= 15 is 0 Å². The highest BCUT2D eigenvalue weighted by Gasteiger charge is 2.17. The zero-order valence-corrected chi connectivity index (χ0v) is 14.6. The van der Waals surface area contributed by atoms with Crippen molar-refractivity contribution in [3.8, 4) is 0 Å².